The molecule has 4 nitrogen and oxygen atoms in total. The van der Waals surface area contributed by atoms with Crippen molar-refractivity contribution in [3.8, 4) is 0 Å². The maximum Gasteiger partial charge on any atom is 0.490 e. The van der Waals surface area contributed by atoms with Gasteiger partial charge in [0.2, 0.25) is 0 Å². The molecule has 0 spiro atoms. The van der Waals surface area contributed by atoms with Crippen LogP contribution in [0.4, 0.5) is 13.2 Å². The normalized spacial score (nSPS) is 10.3. The quantitative estimate of drug-likeness (QED) is 0.834. The highest BCUT2D eigenvalue weighted by Crippen LogP contribution is 2.23. The SMILES string of the molecule is O=C(O)C(F)(F)F.O=C(O)c1c(Cl)cccc1Cl. The van der Waals surface area contributed by atoms with E-state index in [4.69, 9.17) is 38.2 Å². The zero-order valence-corrected chi connectivity index (χ0v) is 9.84. The Morgan fingerprint density at radius 1 is 1.06 bits per heavy atom. The zero-order chi connectivity index (χ0) is 14.5. The van der Waals surface area contributed by atoms with Gasteiger partial charge in [0.05, 0.1) is 15.6 Å². The van der Waals surface area contributed by atoms with Crippen molar-refractivity contribution >= 4 is 35.1 Å². The van der Waals surface area contributed by atoms with E-state index in [1.807, 2.05) is 0 Å². The average Bonchev–Trinajstić information content (AvgIpc) is 2.15. The maximum atomic E-state index is 10.6. The lowest BCUT2D eigenvalue weighted by Crippen LogP contribution is -2.21. The van der Waals surface area contributed by atoms with E-state index in [2.05, 4.69) is 0 Å². The van der Waals surface area contributed by atoms with E-state index in [0.717, 1.165) is 0 Å². The molecule has 0 amide bonds. The van der Waals surface area contributed by atoms with Crippen molar-refractivity contribution in [2.24, 2.45) is 0 Å². The van der Waals surface area contributed by atoms with Crippen LogP contribution in [0.2, 0.25) is 10.0 Å². The van der Waals surface area contributed by atoms with Crippen LogP contribution < -0.4 is 0 Å². The standard InChI is InChI=1S/C7H4Cl2O2.C2HF3O2/c8-4-2-1-3-5(9)6(4)7(10)11;3-2(4,5)1(6)7/h1-3H,(H,10,11);(H,6,7). The molecule has 0 radical (unpaired) electrons. The van der Waals surface area contributed by atoms with Gasteiger partial charge < -0.3 is 10.2 Å². The minimum atomic E-state index is -5.08. The van der Waals surface area contributed by atoms with Crippen molar-refractivity contribution in [3.05, 3.63) is 33.8 Å². The molecule has 0 bridgehead atoms. The van der Waals surface area contributed by atoms with Gasteiger partial charge in [-0.05, 0) is 12.1 Å². The average molecular weight is 305 g/mol. The molecule has 1 aromatic carbocycles. The second kappa shape index (κ2) is 6.46. The first kappa shape index (κ1) is 16.5. The molecular weight excluding hydrogens is 300 g/mol. The molecule has 0 fully saturated rings. The van der Waals surface area contributed by atoms with Gasteiger partial charge in [-0.1, -0.05) is 29.3 Å². The second-order valence-corrected chi connectivity index (χ2v) is 3.52. The molecule has 0 aliphatic rings. The Kier molecular flexibility index (Phi) is 5.93. The van der Waals surface area contributed by atoms with Gasteiger partial charge in [0.1, 0.15) is 0 Å². The number of aromatic carboxylic acids is 1. The monoisotopic (exact) mass is 304 g/mol. The van der Waals surface area contributed by atoms with Crippen molar-refractivity contribution < 1.29 is 33.0 Å². The minimum Gasteiger partial charge on any atom is -0.478 e. The zero-order valence-electron chi connectivity index (χ0n) is 8.33. The van der Waals surface area contributed by atoms with Gasteiger partial charge in [-0.25, -0.2) is 9.59 Å². The van der Waals surface area contributed by atoms with E-state index in [1.165, 1.54) is 12.1 Å². The highest BCUT2D eigenvalue weighted by atomic mass is 35.5. The van der Waals surface area contributed by atoms with Gasteiger partial charge in [0, 0.05) is 0 Å². The summed E-state index contributed by atoms with van der Waals surface area (Å²) in [7, 11) is 0. The Labute approximate surface area is 109 Å². The van der Waals surface area contributed by atoms with E-state index in [0.29, 0.717) is 0 Å². The number of carboxylic acid groups (broad SMARTS) is 2. The third-order valence-corrected chi connectivity index (χ3v) is 2.05. The van der Waals surface area contributed by atoms with Crippen molar-refractivity contribution in [1.82, 2.24) is 0 Å². The predicted octanol–water partition coefficient (Wildman–Crippen LogP) is 3.32. The summed E-state index contributed by atoms with van der Waals surface area (Å²) in [5.74, 6) is -3.87. The number of carboxylic acids is 2. The van der Waals surface area contributed by atoms with E-state index in [9.17, 15) is 18.0 Å². The van der Waals surface area contributed by atoms with E-state index >= 15 is 0 Å². The lowest BCUT2D eigenvalue weighted by atomic mass is 10.2. The molecule has 2 N–H and O–H groups in total. The summed E-state index contributed by atoms with van der Waals surface area (Å²) >= 11 is 11.1. The number of rotatable bonds is 1. The van der Waals surface area contributed by atoms with Gasteiger partial charge in [-0.3, -0.25) is 0 Å². The van der Waals surface area contributed by atoms with Crippen LogP contribution in [0, 0.1) is 0 Å². The molecule has 0 saturated heterocycles. The first-order chi connectivity index (χ1) is 8.07. The summed E-state index contributed by atoms with van der Waals surface area (Å²) in [6.07, 6.45) is -5.08. The molecule has 0 atom stereocenters. The topological polar surface area (TPSA) is 74.6 Å². The van der Waals surface area contributed by atoms with E-state index < -0.39 is 18.1 Å². The molecule has 100 valence electrons. The minimum absolute atomic E-state index is 0.0455. The summed E-state index contributed by atoms with van der Waals surface area (Å²) in [6.45, 7) is 0. The van der Waals surface area contributed by atoms with Gasteiger partial charge in [-0.15, -0.1) is 0 Å². The number of hydrogen-bond acceptors (Lipinski definition) is 2. The van der Waals surface area contributed by atoms with Gasteiger partial charge in [0.25, 0.3) is 0 Å². The molecule has 18 heavy (non-hydrogen) atoms. The molecule has 0 aliphatic heterocycles. The van der Waals surface area contributed by atoms with E-state index in [-0.39, 0.29) is 15.6 Å². The Morgan fingerprint density at radius 2 is 1.39 bits per heavy atom. The third-order valence-electron chi connectivity index (χ3n) is 1.42. The smallest absolute Gasteiger partial charge is 0.478 e. The molecule has 0 saturated carbocycles. The molecule has 0 heterocycles. The summed E-state index contributed by atoms with van der Waals surface area (Å²) in [5, 5.41) is 16.0. The molecule has 1 aromatic rings. The van der Waals surface area contributed by atoms with Gasteiger partial charge in [-0.2, -0.15) is 13.2 Å². The summed E-state index contributed by atoms with van der Waals surface area (Å²) in [5.41, 5.74) is -0.0455. The molecule has 1 rings (SSSR count). The van der Waals surface area contributed by atoms with Crippen molar-refractivity contribution in [2.45, 2.75) is 6.18 Å². The Hall–Kier alpha value is -1.47. The van der Waals surface area contributed by atoms with Crippen molar-refractivity contribution in [3.63, 3.8) is 0 Å². The number of alkyl halides is 3. The number of benzene rings is 1. The Morgan fingerprint density at radius 3 is 1.56 bits per heavy atom. The van der Waals surface area contributed by atoms with Crippen LogP contribution in [-0.4, -0.2) is 28.3 Å². The Balaban J connectivity index is 0.000000360. The van der Waals surface area contributed by atoms with Crippen LogP contribution in [-0.2, 0) is 4.79 Å². The maximum absolute atomic E-state index is 10.6. The third kappa shape index (κ3) is 5.24. The largest absolute Gasteiger partial charge is 0.490 e. The molecular formula is C9H5Cl2F3O4. The van der Waals surface area contributed by atoms with Crippen LogP contribution in [0.3, 0.4) is 0 Å². The van der Waals surface area contributed by atoms with Gasteiger partial charge >= 0.3 is 18.1 Å². The first-order valence-electron chi connectivity index (χ1n) is 4.04. The molecule has 9 heteroatoms. The molecule has 0 aliphatic carbocycles. The van der Waals surface area contributed by atoms with Crippen LogP contribution in [0.25, 0.3) is 0 Å². The lowest BCUT2D eigenvalue weighted by molar-refractivity contribution is -0.192. The van der Waals surface area contributed by atoms with E-state index in [1.54, 1.807) is 6.07 Å². The Bertz CT molecular complexity index is 439. The van der Waals surface area contributed by atoms with Crippen LogP contribution in [0.5, 0.6) is 0 Å². The van der Waals surface area contributed by atoms with Crippen molar-refractivity contribution in [2.75, 3.05) is 0 Å². The summed E-state index contributed by atoms with van der Waals surface area (Å²) in [6, 6.07) is 4.56. The number of halogens is 5. The first-order valence-corrected chi connectivity index (χ1v) is 4.80. The number of hydrogen-bond donors (Lipinski definition) is 2. The summed E-state index contributed by atoms with van der Waals surface area (Å²) < 4.78 is 31.7. The van der Waals surface area contributed by atoms with Crippen molar-refractivity contribution in [1.29, 1.82) is 0 Å². The highest BCUT2D eigenvalue weighted by molar-refractivity contribution is 6.39. The fourth-order valence-corrected chi connectivity index (χ4v) is 1.26. The second-order valence-electron chi connectivity index (χ2n) is 2.70. The fraction of sp³-hybridized carbons (Fsp3) is 0.111. The molecule has 0 aromatic heterocycles. The lowest BCUT2D eigenvalue weighted by Gasteiger charge is -1.98. The van der Waals surface area contributed by atoms with Crippen LogP contribution in [0.15, 0.2) is 18.2 Å². The molecule has 0 unspecified atom stereocenters. The highest BCUT2D eigenvalue weighted by Gasteiger charge is 2.38. The fourth-order valence-electron chi connectivity index (χ4n) is 0.702. The number of carbonyl (C=O) groups is 2. The predicted molar refractivity (Wildman–Crippen MR) is 57.1 cm³/mol. The summed E-state index contributed by atoms with van der Waals surface area (Å²) in [4.78, 5) is 19.4. The number of aliphatic carboxylic acids is 1. The van der Waals surface area contributed by atoms with Crippen LogP contribution >= 0.6 is 23.2 Å². The van der Waals surface area contributed by atoms with Crippen LogP contribution in [0.1, 0.15) is 10.4 Å². The van der Waals surface area contributed by atoms with Gasteiger partial charge in [0.15, 0.2) is 0 Å².